The van der Waals surface area contributed by atoms with E-state index in [2.05, 4.69) is 10.3 Å². The van der Waals surface area contributed by atoms with Crippen LogP contribution >= 0.6 is 0 Å². The molecule has 0 aliphatic carbocycles. The van der Waals surface area contributed by atoms with Crippen LogP contribution in [0, 0.1) is 0 Å². The van der Waals surface area contributed by atoms with Gasteiger partial charge in [0.15, 0.2) is 0 Å². The number of aromatic nitrogens is 1. The van der Waals surface area contributed by atoms with E-state index in [-0.39, 0.29) is 5.91 Å². The first-order valence-corrected chi connectivity index (χ1v) is 7.49. The zero-order valence-corrected chi connectivity index (χ0v) is 12.9. The zero-order chi connectivity index (χ0) is 16.7. The van der Waals surface area contributed by atoms with Gasteiger partial charge in [-0.1, -0.05) is 24.3 Å². The van der Waals surface area contributed by atoms with Gasteiger partial charge in [-0.05, 0) is 35.2 Å². The lowest BCUT2D eigenvalue weighted by Gasteiger charge is -2.03. The van der Waals surface area contributed by atoms with Crippen molar-refractivity contribution >= 4 is 40.1 Å². The first-order chi connectivity index (χ1) is 11.7. The quantitative estimate of drug-likeness (QED) is 0.561. The van der Waals surface area contributed by atoms with Crippen LogP contribution < -0.4 is 5.32 Å². The number of carbonyl (C=O) groups excluding carboxylic acids is 2. The maximum atomic E-state index is 12.4. The maximum Gasteiger partial charge on any atom is 0.337 e. The molecule has 0 radical (unpaired) electrons. The van der Waals surface area contributed by atoms with Crippen molar-refractivity contribution in [3.8, 4) is 0 Å². The van der Waals surface area contributed by atoms with E-state index >= 15 is 0 Å². The highest BCUT2D eigenvalue weighted by atomic mass is 16.5. The van der Waals surface area contributed by atoms with Gasteiger partial charge in [0.1, 0.15) is 0 Å². The molecule has 1 aliphatic rings. The molecule has 0 saturated carbocycles. The maximum absolute atomic E-state index is 12.4. The van der Waals surface area contributed by atoms with E-state index in [0.717, 1.165) is 22.0 Å². The number of carbonyl (C=O) groups is 2. The van der Waals surface area contributed by atoms with Crippen molar-refractivity contribution in [2.24, 2.45) is 0 Å². The Labute approximate surface area is 137 Å². The number of aromatic amines is 1. The third-order valence-corrected chi connectivity index (χ3v) is 4.14. The zero-order valence-electron chi connectivity index (χ0n) is 12.9. The fraction of sp³-hybridized carbons (Fsp3) is 0.0526. The summed E-state index contributed by atoms with van der Waals surface area (Å²) < 4.78 is 4.71. The lowest BCUT2D eigenvalue weighted by molar-refractivity contribution is -0.110. The number of para-hydroxylation sites is 1. The Morgan fingerprint density at radius 1 is 1.17 bits per heavy atom. The SMILES string of the molecule is COC(=O)c1ccc2c(c1)NC(=O)/C2=C\c1cccc2cc[nH]c12. The predicted molar refractivity (Wildman–Crippen MR) is 92.6 cm³/mol. The van der Waals surface area contributed by atoms with Gasteiger partial charge in [-0.2, -0.15) is 0 Å². The second-order valence-corrected chi connectivity index (χ2v) is 5.55. The van der Waals surface area contributed by atoms with Crippen LogP contribution in [0.15, 0.2) is 48.7 Å². The van der Waals surface area contributed by atoms with E-state index in [1.165, 1.54) is 7.11 Å². The monoisotopic (exact) mass is 318 g/mol. The Hall–Kier alpha value is -3.34. The molecule has 0 spiro atoms. The summed E-state index contributed by atoms with van der Waals surface area (Å²) in [5.41, 5.74) is 4.29. The number of amides is 1. The number of hydrogen-bond acceptors (Lipinski definition) is 3. The molecule has 5 heteroatoms. The van der Waals surface area contributed by atoms with Gasteiger partial charge in [0, 0.05) is 23.0 Å². The summed E-state index contributed by atoms with van der Waals surface area (Å²) in [5.74, 6) is -0.615. The Morgan fingerprint density at radius 2 is 2.04 bits per heavy atom. The highest BCUT2D eigenvalue weighted by Gasteiger charge is 2.25. The first kappa shape index (κ1) is 14.3. The Morgan fingerprint density at radius 3 is 2.88 bits per heavy atom. The minimum absolute atomic E-state index is 0.185. The highest BCUT2D eigenvalue weighted by molar-refractivity contribution is 6.35. The molecule has 24 heavy (non-hydrogen) atoms. The van der Waals surface area contributed by atoms with Crippen LogP contribution in [0.4, 0.5) is 5.69 Å². The molecular formula is C19H14N2O3. The fourth-order valence-corrected chi connectivity index (χ4v) is 2.97. The summed E-state index contributed by atoms with van der Waals surface area (Å²) in [4.78, 5) is 27.2. The molecule has 0 unspecified atom stereocenters. The van der Waals surface area contributed by atoms with Crippen molar-refractivity contribution < 1.29 is 14.3 Å². The highest BCUT2D eigenvalue weighted by Crippen LogP contribution is 2.34. The molecule has 0 fully saturated rings. The van der Waals surface area contributed by atoms with E-state index < -0.39 is 5.97 Å². The normalized spacial score (nSPS) is 14.7. The molecule has 0 bridgehead atoms. The number of hydrogen-bond donors (Lipinski definition) is 2. The van der Waals surface area contributed by atoms with Crippen LogP contribution in [0.25, 0.3) is 22.6 Å². The molecule has 4 rings (SSSR count). The third kappa shape index (κ3) is 2.18. The number of methoxy groups -OCH3 is 1. The van der Waals surface area contributed by atoms with Crippen LogP contribution in [0.1, 0.15) is 21.5 Å². The van der Waals surface area contributed by atoms with Crippen molar-refractivity contribution in [3.63, 3.8) is 0 Å². The molecule has 118 valence electrons. The first-order valence-electron chi connectivity index (χ1n) is 7.49. The fourth-order valence-electron chi connectivity index (χ4n) is 2.97. The summed E-state index contributed by atoms with van der Waals surface area (Å²) >= 11 is 0. The number of esters is 1. The van der Waals surface area contributed by atoms with Crippen molar-refractivity contribution in [2.75, 3.05) is 12.4 Å². The van der Waals surface area contributed by atoms with E-state index in [1.807, 2.05) is 36.5 Å². The van der Waals surface area contributed by atoms with Crippen molar-refractivity contribution in [1.82, 2.24) is 4.98 Å². The molecule has 0 saturated heterocycles. The molecule has 5 nitrogen and oxygen atoms in total. The molecule has 1 aliphatic heterocycles. The van der Waals surface area contributed by atoms with E-state index in [0.29, 0.717) is 16.8 Å². The average Bonchev–Trinajstić information content (AvgIpc) is 3.19. The minimum atomic E-state index is -0.430. The van der Waals surface area contributed by atoms with Gasteiger partial charge < -0.3 is 15.0 Å². The molecular weight excluding hydrogens is 304 g/mol. The number of H-pyrrole nitrogens is 1. The summed E-state index contributed by atoms with van der Waals surface area (Å²) in [6.07, 6.45) is 3.73. The second kappa shape index (κ2) is 5.38. The molecule has 2 aromatic carbocycles. The third-order valence-electron chi connectivity index (χ3n) is 4.14. The molecule has 0 atom stereocenters. The van der Waals surface area contributed by atoms with Gasteiger partial charge in [0.2, 0.25) is 0 Å². The lowest BCUT2D eigenvalue weighted by atomic mass is 10.0. The van der Waals surface area contributed by atoms with Crippen LogP contribution in [0.2, 0.25) is 0 Å². The predicted octanol–water partition coefficient (Wildman–Crippen LogP) is 3.45. The van der Waals surface area contributed by atoms with Crippen LogP contribution in [-0.4, -0.2) is 24.0 Å². The minimum Gasteiger partial charge on any atom is -0.465 e. The van der Waals surface area contributed by atoms with Crippen molar-refractivity contribution in [1.29, 1.82) is 0 Å². The summed E-state index contributed by atoms with van der Waals surface area (Å²) in [5, 5.41) is 3.89. The Bertz CT molecular complexity index is 1010. The van der Waals surface area contributed by atoms with Crippen LogP contribution in [0.5, 0.6) is 0 Å². The van der Waals surface area contributed by atoms with Gasteiger partial charge in [-0.15, -0.1) is 0 Å². The number of ether oxygens (including phenoxy) is 1. The number of benzene rings is 2. The number of fused-ring (bicyclic) bond motifs is 2. The smallest absolute Gasteiger partial charge is 0.337 e. The summed E-state index contributed by atoms with van der Waals surface area (Å²) in [6.45, 7) is 0. The van der Waals surface area contributed by atoms with Gasteiger partial charge >= 0.3 is 5.97 Å². The lowest BCUT2D eigenvalue weighted by Crippen LogP contribution is -2.04. The second-order valence-electron chi connectivity index (χ2n) is 5.55. The molecule has 1 aromatic heterocycles. The molecule has 2 heterocycles. The standard InChI is InChI=1S/C19H14N2O3/c1-24-19(23)13-5-6-14-15(18(22)21-16(14)10-13)9-12-4-2-3-11-7-8-20-17(11)12/h2-10,20H,1H3,(H,21,22)/b15-9-. The molecule has 2 N–H and O–H groups in total. The number of nitrogens with one attached hydrogen (secondary N) is 2. The summed E-state index contributed by atoms with van der Waals surface area (Å²) in [6, 6.07) is 13.0. The van der Waals surface area contributed by atoms with Crippen molar-refractivity contribution in [3.05, 3.63) is 65.4 Å². The number of anilines is 1. The Kier molecular flexibility index (Phi) is 3.20. The van der Waals surface area contributed by atoms with Gasteiger partial charge in [0.25, 0.3) is 5.91 Å². The van der Waals surface area contributed by atoms with E-state index in [4.69, 9.17) is 4.74 Å². The molecule has 3 aromatic rings. The average molecular weight is 318 g/mol. The van der Waals surface area contributed by atoms with E-state index in [1.54, 1.807) is 18.2 Å². The van der Waals surface area contributed by atoms with Crippen LogP contribution in [0.3, 0.4) is 0 Å². The Balaban J connectivity index is 1.82. The van der Waals surface area contributed by atoms with E-state index in [9.17, 15) is 9.59 Å². The molecule has 1 amide bonds. The summed E-state index contributed by atoms with van der Waals surface area (Å²) in [7, 11) is 1.33. The van der Waals surface area contributed by atoms with Crippen molar-refractivity contribution in [2.45, 2.75) is 0 Å². The number of rotatable bonds is 2. The topological polar surface area (TPSA) is 71.2 Å². The van der Waals surface area contributed by atoms with Gasteiger partial charge in [0.05, 0.1) is 18.2 Å². The van der Waals surface area contributed by atoms with Crippen LogP contribution in [-0.2, 0) is 9.53 Å². The van der Waals surface area contributed by atoms with Gasteiger partial charge in [-0.25, -0.2) is 4.79 Å². The van der Waals surface area contributed by atoms with Gasteiger partial charge in [-0.3, -0.25) is 4.79 Å². The largest absolute Gasteiger partial charge is 0.465 e.